The zero-order valence-electron chi connectivity index (χ0n) is 13.8. The van der Waals surface area contributed by atoms with E-state index < -0.39 is 0 Å². The van der Waals surface area contributed by atoms with Crippen molar-refractivity contribution in [3.8, 4) is 0 Å². The van der Waals surface area contributed by atoms with Gasteiger partial charge in [-0.25, -0.2) is 0 Å². The third-order valence-electron chi connectivity index (χ3n) is 3.11. The highest BCUT2D eigenvalue weighted by atomic mass is 16.2. The number of carbonyl (C=O) groups is 2. The summed E-state index contributed by atoms with van der Waals surface area (Å²) in [7, 11) is 7.77. The van der Waals surface area contributed by atoms with Crippen molar-refractivity contribution in [3.05, 3.63) is 35.4 Å². The van der Waals surface area contributed by atoms with Gasteiger partial charge in [-0.1, -0.05) is 12.1 Å². The van der Waals surface area contributed by atoms with Gasteiger partial charge in [0.2, 0.25) is 0 Å². The predicted molar refractivity (Wildman–Crippen MR) is 88.2 cm³/mol. The minimum atomic E-state index is -0.222. The molecule has 22 heavy (non-hydrogen) atoms. The Labute approximate surface area is 132 Å². The van der Waals surface area contributed by atoms with E-state index >= 15 is 0 Å². The van der Waals surface area contributed by atoms with E-state index in [1.54, 1.807) is 24.3 Å². The molecule has 0 atom stereocenters. The van der Waals surface area contributed by atoms with Crippen LogP contribution in [0.4, 0.5) is 0 Å². The maximum atomic E-state index is 12.2. The van der Waals surface area contributed by atoms with Gasteiger partial charge in [-0.3, -0.25) is 9.59 Å². The first kappa shape index (κ1) is 18.1. The molecule has 0 saturated heterocycles. The number of hydrogen-bond acceptors (Lipinski definition) is 4. The van der Waals surface area contributed by atoms with Crippen molar-refractivity contribution in [2.24, 2.45) is 0 Å². The molecule has 0 aliphatic heterocycles. The lowest BCUT2D eigenvalue weighted by Crippen LogP contribution is -2.35. The van der Waals surface area contributed by atoms with E-state index in [-0.39, 0.29) is 11.8 Å². The number of nitrogens with one attached hydrogen (secondary N) is 2. The van der Waals surface area contributed by atoms with Gasteiger partial charge in [0, 0.05) is 26.2 Å². The Morgan fingerprint density at radius 1 is 0.818 bits per heavy atom. The molecule has 2 amide bonds. The molecule has 0 aromatic heterocycles. The van der Waals surface area contributed by atoms with Crippen molar-refractivity contribution >= 4 is 11.8 Å². The lowest BCUT2D eigenvalue weighted by molar-refractivity contribution is 0.0916. The summed E-state index contributed by atoms with van der Waals surface area (Å²) >= 11 is 0. The Kier molecular flexibility index (Phi) is 7.56. The van der Waals surface area contributed by atoms with Crippen LogP contribution in [0.1, 0.15) is 20.7 Å². The van der Waals surface area contributed by atoms with E-state index in [9.17, 15) is 9.59 Å². The first-order chi connectivity index (χ1) is 10.4. The van der Waals surface area contributed by atoms with Gasteiger partial charge < -0.3 is 20.4 Å². The molecule has 0 spiro atoms. The maximum Gasteiger partial charge on any atom is 0.252 e. The van der Waals surface area contributed by atoms with E-state index in [1.165, 1.54) is 0 Å². The molecular formula is C16H26N4O2. The zero-order chi connectivity index (χ0) is 16.5. The standard InChI is InChI=1S/C16H26N4O2/c1-19(2)11-9-17-15(21)13-7-5-6-8-14(13)16(22)18-10-12-20(3)4/h5-8H,9-12H2,1-4H3,(H,17,21)(H,18,22). The van der Waals surface area contributed by atoms with E-state index in [4.69, 9.17) is 0 Å². The Morgan fingerprint density at radius 2 is 1.18 bits per heavy atom. The molecule has 0 unspecified atom stereocenters. The van der Waals surface area contributed by atoms with Crippen LogP contribution in [0.2, 0.25) is 0 Å². The van der Waals surface area contributed by atoms with Crippen LogP contribution >= 0.6 is 0 Å². The molecule has 0 heterocycles. The number of amides is 2. The number of likely N-dealkylation sites (N-methyl/N-ethyl adjacent to an activating group) is 2. The van der Waals surface area contributed by atoms with Crippen LogP contribution in [0.15, 0.2) is 24.3 Å². The summed E-state index contributed by atoms with van der Waals surface area (Å²) in [4.78, 5) is 28.4. The molecular weight excluding hydrogens is 280 g/mol. The van der Waals surface area contributed by atoms with Crippen LogP contribution in [-0.2, 0) is 0 Å². The van der Waals surface area contributed by atoms with Crippen molar-refractivity contribution in [1.82, 2.24) is 20.4 Å². The summed E-state index contributed by atoms with van der Waals surface area (Å²) in [5.41, 5.74) is 0.812. The third-order valence-corrected chi connectivity index (χ3v) is 3.11. The monoisotopic (exact) mass is 306 g/mol. The normalized spacial score (nSPS) is 10.8. The van der Waals surface area contributed by atoms with Gasteiger partial charge in [0.15, 0.2) is 0 Å². The number of carbonyl (C=O) groups excluding carboxylic acids is 2. The van der Waals surface area contributed by atoms with Crippen molar-refractivity contribution in [3.63, 3.8) is 0 Å². The fourth-order valence-corrected chi connectivity index (χ4v) is 1.86. The van der Waals surface area contributed by atoms with Gasteiger partial charge in [0.25, 0.3) is 11.8 Å². The summed E-state index contributed by atoms with van der Waals surface area (Å²) < 4.78 is 0. The highest BCUT2D eigenvalue weighted by Crippen LogP contribution is 2.08. The van der Waals surface area contributed by atoms with Crippen LogP contribution in [-0.4, -0.2) is 76.0 Å². The van der Waals surface area contributed by atoms with Gasteiger partial charge >= 0.3 is 0 Å². The smallest absolute Gasteiger partial charge is 0.252 e. The molecule has 0 bridgehead atoms. The Hall–Kier alpha value is -1.92. The first-order valence-corrected chi connectivity index (χ1v) is 7.36. The molecule has 122 valence electrons. The summed E-state index contributed by atoms with van der Waals surface area (Å²) in [6, 6.07) is 6.87. The summed E-state index contributed by atoms with van der Waals surface area (Å²) in [5, 5.41) is 5.66. The van der Waals surface area contributed by atoms with Crippen LogP contribution in [0.5, 0.6) is 0 Å². The molecule has 1 aromatic carbocycles. The molecule has 0 fully saturated rings. The van der Waals surface area contributed by atoms with E-state index in [1.807, 2.05) is 38.0 Å². The van der Waals surface area contributed by atoms with E-state index in [0.717, 1.165) is 13.1 Å². The fraction of sp³-hybridized carbons (Fsp3) is 0.500. The van der Waals surface area contributed by atoms with Gasteiger partial charge in [0.05, 0.1) is 11.1 Å². The Bertz CT molecular complexity index is 456. The average Bonchev–Trinajstić information content (AvgIpc) is 2.46. The highest BCUT2D eigenvalue weighted by Gasteiger charge is 2.15. The minimum absolute atomic E-state index is 0.222. The lowest BCUT2D eigenvalue weighted by atomic mass is 10.1. The van der Waals surface area contributed by atoms with Crippen LogP contribution < -0.4 is 10.6 Å². The Balaban J connectivity index is 2.68. The van der Waals surface area contributed by atoms with Crippen LogP contribution in [0, 0.1) is 0 Å². The van der Waals surface area contributed by atoms with E-state index in [2.05, 4.69) is 10.6 Å². The SMILES string of the molecule is CN(C)CCNC(=O)c1ccccc1C(=O)NCCN(C)C. The topological polar surface area (TPSA) is 64.7 Å². The van der Waals surface area contributed by atoms with Gasteiger partial charge in [0.1, 0.15) is 0 Å². The predicted octanol–water partition coefficient (Wildman–Crippen LogP) is 0.269. The largest absolute Gasteiger partial charge is 0.351 e. The van der Waals surface area contributed by atoms with Crippen molar-refractivity contribution in [1.29, 1.82) is 0 Å². The zero-order valence-corrected chi connectivity index (χ0v) is 13.8. The molecule has 0 aliphatic rings. The average molecular weight is 306 g/mol. The molecule has 6 heteroatoms. The fourth-order valence-electron chi connectivity index (χ4n) is 1.86. The molecule has 0 saturated carbocycles. The highest BCUT2D eigenvalue weighted by molar-refractivity contribution is 6.07. The summed E-state index contributed by atoms with van der Waals surface area (Å²) in [5.74, 6) is -0.444. The van der Waals surface area contributed by atoms with Gasteiger partial charge in [-0.2, -0.15) is 0 Å². The van der Waals surface area contributed by atoms with Crippen molar-refractivity contribution in [2.45, 2.75) is 0 Å². The second-order valence-corrected chi connectivity index (χ2v) is 5.66. The van der Waals surface area contributed by atoms with Crippen molar-refractivity contribution < 1.29 is 9.59 Å². The number of hydrogen-bond donors (Lipinski definition) is 2. The van der Waals surface area contributed by atoms with Gasteiger partial charge in [-0.15, -0.1) is 0 Å². The second-order valence-electron chi connectivity index (χ2n) is 5.66. The second kappa shape index (κ2) is 9.17. The van der Waals surface area contributed by atoms with Crippen molar-refractivity contribution in [2.75, 3.05) is 54.4 Å². The number of rotatable bonds is 8. The van der Waals surface area contributed by atoms with E-state index in [0.29, 0.717) is 24.2 Å². The maximum absolute atomic E-state index is 12.2. The molecule has 0 radical (unpaired) electrons. The molecule has 6 nitrogen and oxygen atoms in total. The van der Waals surface area contributed by atoms with Crippen LogP contribution in [0.25, 0.3) is 0 Å². The molecule has 2 N–H and O–H groups in total. The minimum Gasteiger partial charge on any atom is -0.351 e. The third kappa shape index (κ3) is 6.24. The van der Waals surface area contributed by atoms with Gasteiger partial charge in [-0.05, 0) is 40.3 Å². The van der Waals surface area contributed by atoms with Crippen LogP contribution in [0.3, 0.4) is 0 Å². The summed E-state index contributed by atoms with van der Waals surface area (Å²) in [6.07, 6.45) is 0. The Morgan fingerprint density at radius 3 is 1.50 bits per heavy atom. The molecule has 1 aromatic rings. The number of benzene rings is 1. The molecule has 0 aliphatic carbocycles. The number of nitrogens with zero attached hydrogens (tertiary/aromatic N) is 2. The first-order valence-electron chi connectivity index (χ1n) is 7.36. The lowest BCUT2D eigenvalue weighted by Gasteiger charge is -2.13. The molecule has 1 rings (SSSR count). The quantitative estimate of drug-likeness (QED) is 0.723. The summed E-state index contributed by atoms with van der Waals surface area (Å²) in [6.45, 7) is 2.59.